The van der Waals surface area contributed by atoms with Gasteiger partial charge >= 0.3 is 5.97 Å². The molecular formula is C18H20O3. The minimum atomic E-state index is -0.662. The fraction of sp³-hybridized carbons (Fsp3) is 0.278. The summed E-state index contributed by atoms with van der Waals surface area (Å²) in [5.41, 5.74) is 1.35. The minimum absolute atomic E-state index is 0.194. The second kappa shape index (κ2) is 7.04. The van der Waals surface area contributed by atoms with Gasteiger partial charge in [-0.3, -0.25) is 0 Å². The van der Waals surface area contributed by atoms with Gasteiger partial charge in [0.05, 0.1) is 11.7 Å². The molecule has 0 radical (unpaired) electrons. The zero-order valence-corrected chi connectivity index (χ0v) is 12.3. The van der Waals surface area contributed by atoms with Crippen molar-refractivity contribution in [3.63, 3.8) is 0 Å². The van der Waals surface area contributed by atoms with E-state index in [1.165, 1.54) is 0 Å². The van der Waals surface area contributed by atoms with Crippen LogP contribution in [0, 0.1) is 5.92 Å². The second-order valence-corrected chi connectivity index (χ2v) is 5.19. The number of esters is 1. The number of carbonyl (C=O) groups is 1. The number of hydrogen-bond acceptors (Lipinski definition) is 3. The van der Waals surface area contributed by atoms with Crippen molar-refractivity contribution >= 4 is 5.97 Å². The molecule has 0 bridgehead atoms. The maximum atomic E-state index is 12.0. The molecule has 3 nitrogen and oxygen atoms in total. The molecule has 1 N–H and O–H groups in total. The maximum Gasteiger partial charge on any atom is 0.338 e. The van der Waals surface area contributed by atoms with Crippen LogP contribution in [0.2, 0.25) is 0 Å². The number of carbonyl (C=O) groups excluding carboxylic acids is 1. The van der Waals surface area contributed by atoms with E-state index in [4.69, 9.17) is 4.74 Å². The summed E-state index contributed by atoms with van der Waals surface area (Å²) >= 11 is 0. The van der Waals surface area contributed by atoms with Gasteiger partial charge in [-0.05, 0) is 24.6 Å². The molecule has 0 saturated carbocycles. The van der Waals surface area contributed by atoms with Gasteiger partial charge in [0.1, 0.15) is 6.10 Å². The second-order valence-electron chi connectivity index (χ2n) is 5.19. The number of aliphatic hydroxyl groups is 1. The van der Waals surface area contributed by atoms with Crippen LogP contribution >= 0.6 is 0 Å². The molecule has 0 aromatic heterocycles. The highest BCUT2D eigenvalue weighted by Crippen LogP contribution is 2.26. The Labute approximate surface area is 125 Å². The van der Waals surface area contributed by atoms with Crippen molar-refractivity contribution in [2.24, 2.45) is 5.92 Å². The zero-order valence-electron chi connectivity index (χ0n) is 12.3. The standard InChI is InChI=1S/C18H20O3/c1-13(17(19)15-9-5-3-6-10-15)14(2)21-18(20)16-11-7-4-8-12-16/h3-14,17,19H,1-2H3/t13-,14-,17+/m1/s1. The van der Waals surface area contributed by atoms with Gasteiger partial charge in [0.25, 0.3) is 0 Å². The molecule has 0 unspecified atom stereocenters. The minimum Gasteiger partial charge on any atom is -0.459 e. The molecule has 0 amide bonds. The Morgan fingerprint density at radius 2 is 1.48 bits per heavy atom. The quantitative estimate of drug-likeness (QED) is 0.853. The van der Waals surface area contributed by atoms with Crippen LogP contribution in [0.15, 0.2) is 60.7 Å². The summed E-state index contributed by atoms with van der Waals surface area (Å²) in [6.45, 7) is 3.68. The lowest BCUT2D eigenvalue weighted by atomic mass is 9.93. The summed E-state index contributed by atoms with van der Waals surface area (Å²) in [5.74, 6) is -0.560. The summed E-state index contributed by atoms with van der Waals surface area (Å²) < 4.78 is 5.44. The summed E-state index contributed by atoms with van der Waals surface area (Å²) in [7, 11) is 0. The fourth-order valence-corrected chi connectivity index (χ4v) is 2.13. The van der Waals surface area contributed by atoms with E-state index < -0.39 is 6.10 Å². The third kappa shape index (κ3) is 3.92. The van der Waals surface area contributed by atoms with Crippen molar-refractivity contribution in [1.82, 2.24) is 0 Å². The highest BCUT2D eigenvalue weighted by atomic mass is 16.5. The third-order valence-electron chi connectivity index (χ3n) is 3.68. The largest absolute Gasteiger partial charge is 0.459 e. The Morgan fingerprint density at radius 3 is 2.05 bits per heavy atom. The maximum absolute atomic E-state index is 12.0. The van der Waals surface area contributed by atoms with Crippen molar-refractivity contribution < 1.29 is 14.6 Å². The Morgan fingerprint density at radius 1 is 0.952 bits per heavy atom. The van der Waals surface area contributed by atoms with Crippen molar-refractivity contribution in [3.05, 3.63) is 71.8 Å². The molecule has 0 fully saturated rings. The summed E-state index contributed by atoms with van der Waals surface area (Å²) in [6.07, 6.45) is -1.04. The first-order chi connectivity index (χ1) is 10.1. The molecule has 0 aliphatic carbocycles. The molecule has 0 aliphatic heterocycles. The lowest BCUT2D eigenvalue weighted by Crippen LogP contribution is -2.27. The molecule has 0 spiro atoms. The van der Waals surface area contributed by atoms with Gasteiger partial charge in [-0.25, -0.2) is 4.79 Å². The third-order valence-corrected chi connectivity index (χ3v) is 3.68. The predicted molar refractivity (Wildman–Crippen MR) is 81.9 cm³/mol. The highest BCUT2D eigenvalue weighted by Gasteiger charge is 2.25. The van der Waals surface area contributed by atoms with Crippen LogP contribution < -0.4 is 0 Å². The fourth-order valence-electron chi connectivity index (χ4n) is 2.13. The smallest absolute Gasteiger partial charge is 0.338 e. The van der Waals surface area contributed by atoms with Crippen LogP contribution in [-0.4, -0.2) is 17.2 Å². The van der Waals surface area contributed by atoms with Crippen LogP contribution in [-0.2, 0) is 4.74 Å². The summed E-state index contributed by atoms with van der Waals surface area (Å²) in [5, 5.41) is 10.4. The lowest BCUT2D eigenvalue weighted by Gasteiger charge is -2.25. The van der Waals surface area contributed by atoms with E-state index in [1.54, 1.807) is 31.2 Å². The van der Waals surface area contributed by atoms with Crippen molar-refractivity contribution in [2.45, 2.75) is 26.1 Å². The first kappa shape index (κ1) is 15.3. The zero-order chi connectivity index (χ0) is 15.2. The molecule has 3 atom stereocenters. The molecule has 21 heavy (non-hydrogen) atoms. The van der Waals surface area contributed by atoms with Gasteiger partial charge in [0, 0.05) is 5.92 Å². The van der Waals surface area contributed by atoms with Crippen LogP contribution in [0.1, 0.15) is 35.9 Å². The van der Waals surface area contributed by atoms with E-state index in [0.717, 1.165) is 5.56 Å². The van der Waals surface area contributed by atoms with Crippen LogP contribution in [0.25, 0.3) is 0 Å². The van der Waals surface area contributed by atoms with Gasteiger partial charge in [-0.1, -0.05) is 55.5 Å². The molecule has 0 heterocycles. The van der Waals surface area contributed by atoms with Gasteiger partial charge in [0.2, 0.25) is 0 Å². The first-order valence-electron chi connectivity index (χ1n) is 7.08. The topological polar surface area (TPSA) is 46.5 Å². The summed E-state index contributed by atoms with van der Waals surface area (Å²) in [4.78, 5) is 12.0. The van der Waals surface area contributed by atoms with E-state index in [9.17, 15) is 9.90 Å². The van der Waals surface area contributed by atoms with Crippen molar-refractivity contribution in [3.8, 4) is 0 Å². The number of ether oxygens (including phenoxy) is 1. The van der Waals surface area contributed by atoms with Crippen molar-refractivity contribution in [1.29, 1.82) is 0 Å². The number of benzene rings is 2. The van der Waals surface area contributed by atoms with Crippen molar-refractivity contribution in [2.75, 3.05) is 0 Å². The SMILES string of the molecule is C[C@@H]([C@H](O)c1ccccc1)[C@@H](C)OC(=O)c1ccccc1. The average molecular weight is 284 g/mol. The van der Waals surface area contributed by atoms with E-state index in [2.05, 4.69) is 0 Å². The number of hydrogen-bond donors (Lipinski definition) is 1. The monoisotopic (exact) mass is 284 g/mol. The molecule has 2 aromatic rings. The van der Waals surface area contributed by atoms with E-state index in [0.29, 0.717) is 5.56 Å². The Bertz CT molecular complexity index is 566. The Kier molecular flexibility index (Phi) is 5.12. The van der Waals surface area contributed by atoms with Crippen LogP contribution in [0.3, 0.4) is 0 Å². The molecular weight excluding hydrogens is 264 g/mol. The van der Waals surface area contributed by atoms with E-state index in [1.807, 2.05) is 43.3 Å². The first-order valence-corrected chi connectivity index (χ1v) is 7.08. The number of aliphatic hydroxyl groups excluding tert-OH is 1. The molecule has 0 saturated heterocycles. The molecule has 110 valence electrons. The predicted octanol–water partition coefficient (Wildman–Crippen LogP) is 3.60. The highest BCUT2D eigenvalue weighted by molar-refractivity contribution is 5.89. The van der Waals surface area contributed by atoms with Gasteiger partial charge in [-0.2, -0.15) is 0 Å². The normalized spacial score (nSPS) is 15.0. The van der Waals surface area contributed by atoms with Crippen LogP contribution in [0.5, 0.6) is 0 Å². The van der Waals surface area contributed by atoms with Crippen LogP contribution in [0.4, 0.5) is 0 Å². The number of rotatable bonds is 5. The van der Waals surface area contributed by atoms with E-state index in [-0.39, 0.29) is 18.0 Å². The van der Waals surface area contributed by atoms with E-state index >= 15 is 0 Å². The Hall–Kier alpha value is -2.13. The molecule has 2 aromatic carbocycles. The Balaban J connectivity index is 2.00. The molecule has 2 rings (SSSR count). The molecule has 0 aliphatic rings. The average Bonchev–Trinajstić information content (AvgIpc) is 2.55. The molecule has 3 heteroatoms. The van der Waals surface area contributed by atoms with Gasteiger partial charge in [0.15, 0.2) is 0 Å². The van der Waals surface area contributed by atoms with Gasteiger partial charge in [-0.15, -0.1) is 0 Å². The lowest BCUT2D eigenvalue weighted by molar-refractivity contribution is -0.00706. The van der Waals surface area contributed by atoms with Gasteiger partial charge < -0.3 is 9.84 Å². The summed E-state index contributed by atoms with van der Waals surface area (Å²) in [6, 6.07) is 18.3.